The molecule has 0 saturated carbocycles. The van der Waals surface area contributed by atoms with E-state index in [-0.39, 0.29) is 0 Å². The Labute approximate surface area is 139 Å². The number of benzene rings is 2. The Kier molecular flexibility index (Phi) is 5.64. The van der Waals surface area contributed by atoms with Gasteiger partial charge in [0.1, 0.15) is 0 Å². The van der Waals surface area contributed by atoms with Gasteiger partial charge in [0.25, 0.3) is 0 Å². The van der Waals surface area contributed by atoms with Gasteiger partial charge in [-0.1, -0.05) is 47.5 Å². The van der Waals surface area contributed by atoms with Gasteiger partial charge >= 0.3 is 0 Å². The van der Waals surface area contributed by atoms with Crippen molar-refractivity contribution in [3.63, 3.8) is 0 Å². The lowest BCUT2D eigenvalue weighted by Crippen LogP contribution is -2.12. The molecule has 0 amide bonds. The molecule has 0 bridgehead atoms. The molecule has 0 heterocycles. The molecule has 0 aromatic heterocycles. The van der Waals surface area contributed by atoms with Gasteiger partial charge in [0.05, 0.1) is 11.9 Å². The van der Waals surface area contributed by atoms with Crippen molar-refractivity contribution >= 4 is 39.1 Å². The molecule has 1 unspecified atom stereocenters. The lowest BCUT2D eigenvalue weighted by Gasteiger charge is -2.09. The first-order chi connectivity index (χ1) is 10.4. The van der Waals surface area contributed by atoms with Crippen LogP contribution >= 0.6 is 23.2 Å². The van der Waals surface area contributed by atoms with E-state index in [1.807, 2.05) is 0 Å². The monoisotopic (exact) mass is 356 g/mol. The third-order valence-electron chi connectivity index (χ3n) is 2.98. The lowest BCUT2D eigenvalue weighted by molar-refractivity contribution is 0.202. The number of hydrogen-bond donors (Lipinski definition) is 1. The van der Waals surface area contributed by atoms with Crippen LogP contribution in [0.4, 0.5) is 0 Å². The minimum atomic E-state index is -3.54. The summed E-state index contributed by atoms with van der Waals surface area (Å²) in [6, 6.07) is 13.2. The molecule has 3 nitrogen and oxygen atoms in total. The summed E-state index contributed by atoms with van der Waals surface area (Å²) < 4.78 is 24.0. The molecular formula is C16H14Cl2O3S. The zero-order valence-corrected chi connectivity index (χ0v) is 13.8. The molecule has 0 aliphatic carbocycles. The summed E-state index contributed by atoms with van der Waals surface area (Å²) in [5, 5.41) is 12.2. The normalized spacial score (nSPS) is 13.4. The maximum absolute atomic E-state index is 12.0. The summed E-state index contributed by atoms with van der Waals surface area (Å²) in [5.74, 6) is -0.390. The second-order valence-corrected chi connectivity index (χ2v) is 7.56. The molecule has 2 rings (SSSR count). The zero-order valence-electron chi connectivity index (χ0n) is 11.5. The third kappa shape index (κ3) is 5.14. The van der Waals surface area contributed by atoms with Crippen LogP contribution in [0.25, 0.3) is 6.08 Å². The zero-order chi connectivity index (χ0) is 16.2. The van der Waals surface area contributed by atoms with Crippen LogP contribution in [0.15, 0.2) is 53.9 Å². The average molecular weight is 357 g/mol. The molecule has 0 spiro atoms. The van der Waals surface area contributed by atoms with Gasteiger partial charge in [0.2, 0.25) is 0 Å². The minimum Gasteiger partial charge on any atom is -0.387 e. The number of halogens is 2. The maximum atomic E-state index is 12.0. The van der Waals surface area contributed by atoms with Gasteiger partial charge in [-0.05, 0) is 41.5 Å². The van der Waals surface area contributed by atoms with Crippen molar-refractivity contribution in [1.82, 2.24) is 0 Å². The molecule has 0 radical (unpaired) electrons. The number of sulfone groups is 1. The van der Waals surface area contributed by atoms with E-state index in [9.17, 15) is 13.5 Å². The summed E-state index contributed by atoms with van der Waals surface area (Å²) >= 11 is 11.5. The van der Waals surface area contributed by atoms with Crippen LogP contribution in [-0.2, 0) is 9.84 Å². The molecule has 116 valence electrons. The van der Waals surface area contributed by atoms with Crippen LogP contribution in [0, 0.1) is 0 Å². The van der Waals surface area contributed by atoms with E-state index in [0.29, 0.717) is 21.2 Å². The van der Waals surface area contributed by atoms with Gasteiger partial charge in [-0.3, -0.25) is 0 Å². The fourth-order valence-corrected chi connectivity index (χ4v) is 3.17. The number of aliphatic hydroxyl groups is 1. The van der Waals surface area contributed by atoms with Crippen molar-refractivity contribution in [2.75, 3.05) is 5.75 Å². The van der Waals surface area contributed by atoms with Crippen molar-refractivity contribution in [1.29, 1.82) is 0 Å². The van der Waals surface area contributed by atoms with E-state index < -0.39 is 21.7 Å². The van der Waals surface area contributed by atoms with Gasteiger partial charge < -0.3 is 5.11 Å². The Hall–Kier alpha value is -1.33. The Morgan fingerprint density at radius 2 is 1.45 bits per heavy atom. The summed E-state index contributed by atoms with van der Waals surface area (Å²) in [6.07, 6.45) is 0.373. The molecule has 0 saturated heterocycles. The van der Waals surface area contributed by atoms with Gasteiger partial charge in [0.15, 0.2) is 9.84 Å². The number of hydrogen-bond acceptors (Lipinski definition) is 3. The maximum Gasteiger partial charge on any atom is 0.174 e. The summed E-state index contributed by atoms with van der Waals surface area (Å²) in [4.78, 5) is 0. The molecule has 0 aliphatic heterocycles. The fraction of sp³-hybridized carbons (Fsp3) is 0.125. The van der Waals surface area contributed by atoms with E-state index >= 15 is 0 Å². The van der Waals surface area contributed by atoms with E-state index in [0.717, 1.165) is 5.41 Å². The smallest absolute Gasteiger partial charge is 0.174 e. The van der Waals surface area contributed by atoms with Gasteiger partial charge in [-0.25, -0.2) is 8.42 Å². The van der Waals surface area contributed by atoms with Crippen LogP contribution < -0.4 is 0 Å². The molecule has 1 atom stereocenters. The summed E-state index contributed by atoms with van der Waals surface area (Å²) in [6.45, 7) is 0. The number of rotatable bonds is 5. The van der Waals surface area contributed by atoms with Crippen LogP contribution in [0.3, 0.4) is 0 Å². The van der Waals surface area contributed by atoms with E-state index in [2.05, 4.69) is 0 Å². The fourth-order valence-electron chi connectivity index (χ4n) is 1.81. The Morgan fingerprint density at radius 1 is 0.955 bits per heavy atom. The van der Waals surface area contributed by atoms with E-state index in [1.54, 1.807) is 48.5 Å². The molecule has 22 heavy (non-hydrogen) atoms. The second-order valence-electron chi connectivity index (χ2n) is 4.75. The summed E-state index contributed by atoms with van der Waals surface area (Å²) in [7, 11) is -3.54. The lowest BCUT2D eigenvalue weighted by atomic mass is 10.1. The molecule has 1 N–H and O–H groups in total. The molecule has 0 fully saturated rings. The van der Waals surface area contributed by atoms with Crippen LogP contribution in [-0.4, -0.2) is 19.3 Å². The van der Waals surface area contributed by atoms with Crippen molar-refractivity contribution in [2.45, 2.75) is 6.10 Å². The first kappa shape index (κ1) is 17.0. The third-order valence-corrected chi connectivity index (χ3v) is 4.82. The van der Waals surface area contributed by atoms with Crippen LogP contribution in [0.1, 0.15) is 17.2 Å². The van der Waals surface area contributed by atoms with Crippen molar-refractivity contribution < 1.29 is 13.5 Å². The Morgan fingerprint density at radius 3 is 2.00 bits per heavy atom. The first-order valence-corrected chi connectivity index (χ1v) is 8.93. The molecular weight excluding hydrogens is 343 g/mol. The standard InChI is InChI=1S/C16H14Cl2O3S/c17-14-5-1-12(2-6-14)9-10-22(20,21)11-16(19)13-3-7-15(18)8-4-13/h1-10,16,19H,11H2/b10-9+. The highest BCUT2D eigenvalue weighted by molar-refractivity contribution is 7.94. The van der Waals surface area contributed by atoms with E-state index in [4.69, 9.17) is 23.2 Å². The van der Waals surface area contributed by atoms with Crippen molar-refractivity contribution in [2.24, 2.45) is 0 Å². The molecule has 6 heteroatoms. The van der Waals surface area contributed by atoms with Gasteiger partial charge in [0, 0.05) is 15.5 Å². The largest absolute Gasteiger partial charge is 0.387 e. The Bertz CT molecular complexity index is 751. The van der Waals surface area contributed by atoms with Crippen LogP contribution in [0.2, 0.25) is 10.0 Å². The van der Waals surface area contributed by atoms with E-state index in [1.165, 1.54) is 6.08 Å². The molecule has 2 aromatic rings. The first-order valence-electron chi connectivity index (χ1n) is 6.46. The van der Waals surface area contributed by atoms with Crippen molar-refractivity contribution in [3.05, 3.63) is 75.1 Å². The van der Waals surface area contributed by atoms with Crippen molar-refractivity contribution in [3.8, 4) is 0 Å². The molecule has 2 aromatic carbocycles. The van der Waals surface area contributed by atoms with Gasteiger partial charge in [-0.2, -0.15) is 0 Å². The quantitative estimate of drug-likeness (QED) is 0.876. The Balaban J connectivity index is 2.07. The number of aliphatic hydroxyl groups excluding tert-OH is 1. The van der Waals surface area contributed by atoms with Crippen LogP contribution in [0.5, 0.6) is 0 Å². The minimum absolute atomic E-state index is 0.390. The SMILES string of the molecule is O=S(=O)(/C=C/c1ccc(Cl)cc1)CC(O)c1ccc(Cl)cc1. The highest BCUT2D eigenvalue weighted by atomic mass is 35.5. The van der Waals surface area contributed by atoms with Gasteiger partial charge in [-0.15, -0.1) is 0 Å². The molecule has 0 aliphatic rings. The second kappa shape index (κ2) is 7.29. The predicted octanol–water partition coefficient (Wildman–Crippen LogP) is 4.11. The average Bonchev–Trinajstić information content (AvgIpc) is 2.47. The highest BCUT2D eigenvalue weighted by Crippen LogP contribution is 2.19. The highest BCUT2D eigenvalue weighted by Gasteiger charge is 2.16. The summed E-state index contributed by atoms with van der Waals surface area (Å²) in [5.41, 5.74) is 1.22. The predicted molar refractivity (Wildman–Crippen MR) is 90.7 cm³/mol. The topological polar surface area (TPSA) is 54.4 Å².